The molecule has 4 heteroatoms. The number of nitrogens with two attached hydrogens (primary N) is 1. The molecule has 138 valence electrons. The molecule has 1 aliphatic rings. The molecule has 3 rings (SSSR count). The van der Waals surface area contributed by atoms with Crippen LogP contribution in [0, 0.1) is 5.92 Å². The maximum atomic E-state index is 12.6. The standard InChI is InChI=1S/C22H28N2O2/c1-16(2)18-9-6-10-20(11-18)26-15-22(25)24-13-19(12-23)21(14-24)17-7-4-3-5-8-17/h3-11,16,19,21H,12-15,23H2,1-2H3/t19-,21+/m1/s1. The van der Waals surface area contributed by atoms with E-state index in [9.17, 15) is 4.79 Å². The number of ether oxygens (including phenoxy) is 1. The van der Waals surface area contributed by atoms with E-state index in [4.69, 9.17) is 10.5 Å². The number of nitrogens with zero attached hydrogens (tertiary/aromatic N) is 1. The van der Waals surface area contributed by atoms with E-state index in [-0.39, 0.29) is 12.5 Å². The van der Waals surface area contributed by atoms with Crippen molar-refractivity contribution in [2.45, 2.75) is 25.7 Å². The first-order valence-electron chi connectivity index (χ1n) is 9.34. The Morgan fingerprint density at radius 3 is 2.62 bits per heavy atom. The highest BCUT2D eigenvalue weighted by Gasteiger charge is 2.35. The zero-order chi connectivity index (χ0) is 18.5. The zero-order valence-electron chi connectivity index (χ0n) is 15.6. The van der Waals surface area contributed by atoms with E-state index >= 15 is 0 Å². The summed E-state index contributed by atoms with van der Waals surface area (Å²) in [6.07, 6.45) is 0. The summed E-state index contributed by atoms with van der Waals surface area (Å²) in [6, 6.07) is 18.3. The summed E-state index contributed by atoms with van der Waals surface area (Å²) in [4.78, 5) is 14.5. The highest BCUT2D eigenvalue weighted by atomic mass is 16.5. The Balaban J connectivity index is 1.61. The quantitative estimate of drug-likeness (QED) is 0.867. The molecular weight excluding hydrogens is 324 g/mol. The van der Waals surface area contributed by atoms with Crippen LogP contribution in [0.5, 0.6) is 5.75 Å². The SMILES string of the molecule is CC(C)c1cccc(OCC(=O)N2C[C@@H](CN)[C@H](c3ccccc3)C2)c1. The topological polar surface area (TPSA) is 55.6 Å². The van der Waals surface area contributed by atoms with Gasteiger partial charge in [-0.15, -0.1) is 0 Å². The molecule has 1 saturated heterocycles. The predicted octanol–water partition coefficient (Wildman–Crippen LogP) is 3.39. The van der Waals surface area contributed by atoms with Crippen molar-refractivity contribution in [1.29, 1.82) is 0 Å². The average Bonchev–Trinajstić information content (AvgIpc) is 3.11. The monoisotopic (exact) mass is 352 g/mol. The fourth-order valence-electron chi connectivity index (χ4n) is 3.59. The Morgan fingerprint density at radius 1 is 1.15 bits per heavy atom. The second-order valence-corrected chi connectivity index (χ2v) is 7.33. The van der Waals surface area contributed by atoms with Crippen LogP contribution in [0.4, 0.5) is 0 Å². The molecule has 1 aliphatic heterocycles. The van der Waals surface area contributed by atoms with E-state index in [1.165, 1.54) is 11.1 Å². The van der Waals surface area contributed by atoms with Gasteiger partial charge in [0.1, 0.15) is 5.75 Å². The van der Waals surface area contributed by atoms with Gasteiger partial charge in [-0.2, -0.15) is 0 Å². The van der Waals surface area contributed by atoms with Gasteiger partial charge in [0.05, 0.1) is 0 Å². The Labute approximate surface area is 156 Å². The molecule has 2 aromatic rings. The van der Waals surface area contributed by atoms with Crippen LogP contribution in [0.25, 0.3) is 0 Å². The largest absolute Gasteiger partial charge is 0.484 e. The normalized spacial score (nSPS) is 19.8. The summed E-state index contributed by atoms with van der Waals surface area (Å²) >= 11 is 0. The fraction of sp³-hybridized carbons (Fsp3) is 0.409. The number of likely N-dealkylation sites (tertiary alicyclic amines) is 1. The van der Waals surface area contributed by atoms with E-state index in [0.29, 0.717) is 37.4 Å². The zero-order valence-corrected chi connectivity index (χ0v) is 15.6. The summed E-state index contributed by atoms with van der Waals surface area (Å²) in [6.45, 7) is 6.35. The molecule has 0 bridgehead atoms. The number of carbonyl (C=O) groups excluding carboxylic acids is 1. The van der Waals surface area contributed by atoms with Crippen LogP contribution in [0.3, 0.4) is 0 Å². The van der Waals surface area contributed by atoms with Gasteiger partial charge < -0.3 is 15.4 Å². The molecule has 2 aromatic carbocycles. The van der Waals surface area contributed by atoms with Gasteiger partial charge in [0, 0.05) is 19.0 Å². The summed E-state index contributed by atoms with van der Waals surface area (Å²) in [7, 11) is 0. The Bertz CT molecular complexity index is 730. The third-order valence-electron chi connectivity index (χ3n) is 5.21. The van der Waals surface area contributed by atoms with Crippen LogP contribution < -0.4 is 10.5 Å². The molecule has 26 heavy (non-hydrogen) atoms. The van der Waals surface area contributed by atoms with Crippen molar-refractivity contribution in [2.24, 2.45) is 11.7 Å². The first kappa shape index (κ1) is 18.5. The van der Waals surface area contributed by atoms with Gasteiger partial charge in [-0.25, -0.2) is 0 Å². The van der Waals surface area contributed by atoms with Crippen molar-refractivity contribution in [1.82, 2.24) is 4.90 Å². The van der Waals surface area contributed by atoms with Crippen LogP contribution >= 0.6 is 0 Å². The lowest BCUT2D eigenvalue weighted by Gasteiger charge is -2.17. The number of hydrogen-bond acceptors (Lipinski definition) is 3. The number of hydrogen-bond donors (Lipinski definition) is 1. The molecule has 2 atom stereocenters. The van der Waals surface area contributed by atoms with Crippen molar-refractivity contribution in [2.75, 3.05) is 26.2 Å². The molecule has 4 nitrogen and oxygen atoms in total. The van der Waals surface area contributed by atoms with Gasteiger partial charge in [-0.05, 0) is 41.6 Å². The second-order valence-electron chi connectivity index (χ2n) is 7.33. The lowest BCUT2D eigenvalue weighted by Crippen LogP contribution is -2.33. The van der Waals surface area contributed by atoms with Crippen molar-refractivity contribution in [3.63, 3.8) is 0 Å². The minimum absolute atomic E-state index is 0.0248. The van der Waals surface area contributed by atoms with Crippen molar-refractivity contribution < 1.29 is 9.53 Å². The first-order valence-corrected chi connectivity index (χ1v) is 9.34. The number of rotatable bonds is 6. The van der Waals surface area contributed by atoms with Crippen molar-refractivity contribution >= 4 is 5.91 Å². The molecule has 0 spiro atoms. The maximum Gasteiger partial charge on any atom is 0.260 e. The molecule has 0 aliphatic carbocycles. The van der Waals surface area contributed by atoms with Gasteiger partial charge in [0.25, 0.3) is 5.91 Å². The molecule has 2 N–H and O–H groups in total. The van der Waals surface area contributed by atoms with Crippen LogP contribution in [-0.2, 0) is 4.79 Å². The second kappa shape index (κ2) is 8.37. The highest BCUT2D eigenvalue weighted by Crippen LogP contribution is 2.32. The molecule has 0 unspecified atom stereocenters. The van der Waals surface area contributed by atoms with E-state index in [2.05, 4.69) is 32.0 Å². The van der Waals surface area contributed by atoms with Crippen LogP contribution in [0.2, 0.25) is 0 Å². The van der Waals surface area contributed by atoms with Crippen molar-refractivity contribution in [3.8, 4) is 5.75 Å². The third kappa shape index (κ3) is 4.25. The van der Waals surface area contributed by atoms with Crippen LogP contribution in [0.15, 0.2) is 54.6 Å². The van der Waals surface area contributed by atoms with Crippen molar-refractivity contribution in [3.05, 3.63) is 65.7 Å². The molecular formula is C22H28N2O2. The molecule has 1 heterocycles. The van der Waals surface area contributed by atoms with E-state index in [1.54, 1.807) is 0 Å². The average molecular weight is 352 g/mol. The lowest BCUT2D eigenvalue weighted by molar-refractivity contribution is -0.132. The van der Waals surface area contributed by atoms with Crippen LogP contribution in [0.1, 0.15) is 36.8 Å². The minimum atomic E-state index is 0.0248. The summed E-state index contributed by atoms with van der Waals surface area (Å²) < 4.78 is 5.76. The first-order chi connectivity index (χ1) is 12.6. The summed E-state index contributed by atoms with van der Waals surface area (Å²) in [5.41, 5.74) is 8.43. The van der Waals surface area contributed by atoms with E-state index in [0.717, 1.165) is 5.75 Å². The summed E-state index contributed by atoms with van der Waals surface area (Å²) in [5, 5.41) is 0. The van der Waals surface area contributed by atoms with Crippen LogP contribution in [-0.4, -0.2) is 37.0 Å². The van der Waals surface area contributed by atoms with Gasteiger partial charge in [-0.3, -0.25) is 4.79 Å². The highest BCUT2D eigenvalue weighted by molar-refractivity contribution is 5.78. The molecule has 1 fully saturated rings. The number of carbonyl (C=O) groups is 1. The fourth-order valence-corrected chi connectivity index (χ4v) is 3.59. The smallest absolute Gasteiger partial charge is 0.260 e. The van der Waals surface area contributed by atoms with E-state index in [1.807, 2.05) is 41.3 Å². The summed E-state index contributed by atoms with van der Waals surface area (Å²) in [5.74, 6) is 1.81. The Kier molecular flexibility index (Phi) is 5.94. The number of amides is 1. The Morgan fingerprint density at radius 2 is 1.92 bits per heavy atom. The van der Waals surface area contributed by atoms with E-state index < -0.39 is 0 Å². The Hall–Kier alpha value is -2.33. The molecule has 0 aromatic heterocycles. The predicted molar refractivity (Wildman–Crippen MR) is 104 cm³/mol. The van der Waals surface area contributed by atoms with Gasteiger partial charge in [0.2, 0.25) is 0 Å². The van der Waals surface area contributed by atoms with Gasteiger partial charge >= 0.3 is 0 Å². The maximum absolute atomic E-state index is 12.6. The van der Waals surface area contributed by atoms with Gasteiger partial charge in [-0.1, -0.05) is 56.3 Å². The minimum Gasteiger partial charge on any atom is -0.484 e. The lowest BCUT2D eigenvalue weighted by atomic mass is 9.89. The molecule has 0 radical (unpaired) electrons. The van der Waals surface area contributed by atoms with Gasteiger partial charge in [0.15, 0.2) is 6.61 Å². The molecule has 1 amide bonds. The molecule has 0 saturated carbocycles. The number of benzene rings is 2. The third-order valence-corrected chi connectivity index (χ3v) is 5.21.